The number of amides is 1. The minimum absolute atomic E-state index is 0.0276. The molecule has 0 atom stereocenters. The molecular weight excluding hydrogens is 278 g/mol. The van der Waals surface area contributed by atoms with Crippen molar-refractivity contribution >= 4 is 5.91 Å². The molecule has 22 heavy (non-hydrogen) atoms. The van der Waals surface area contributed by atoms with Crippen LogP contribution in [0.25, 0.3) is 0 Å². The lowest BCUT2D eigenvalue weighted by molar-refractivity contribution is -0.132. The Kier molecular flexibility index (Phi) is 3.98. The van der Waals surface area contributed by atoms with Crippen LogP contribution in [0.15, 0.2) is 10.2 Å². The van der Waals surface area contributed by atoms with Crippen molar-refractivity contribution in [3.05, 3.63) is 0 Å². The summed E-state index contributed by atoms with van der Waals surface area (Å²) in [5.41, 5.74) is 0.0366. The van der Waals surface area contributed by atoms with Crippen molar-refractivity contribution in [1.82, 2.24) is 5.32 Å². The number of aliphatic hydroxyl groups excluding tert-OH is 1. The first-order valence-electron chi connectivity index (χ1n) is 8.30. The third-order valence-corrected chi connectivity index (χ3v) is 5.72. The van der Waals surface area contributed by atoms with Crippen LogP contribution in [-0.4, -0.2) is 29.8 Å². The van der Waals surface area contributed by atoms with Crippen molar-refractivity contribution in [2.24, 2.45) is 21.1 Å². The third kappa shape index (κ3) is 3.03. The second kappa shape index (κ2) is 5.66. The van der Waals surface area contributed by atoms with Crippen LogP contribution in [0.2, 0.25) is 0 Å². The normalized spacial score (nSPS) is 24.9. The second-order valence-corrected chi connectivity index (χ2v) is 7.53. The highest BCUT2D eigenvalue weighted by Gasteiger charge is 2.56. The molecule has 0 saturated heterocycles. The molecule has 3 aliphatic rings. The third-order valence-electron chi connectivity index (χ3n) is 5.72. The van der Waals surface area contributed by atoms with E-state index in [0.29, 0.717) is 31.2 Å². The molecule has 2 saturated carbocycles. The molecule has 120 valence electrons. The summed E-state index contributed by atoms with van der Waals surface area (Å²) in [5.74, 6) is 2.62. The Bertz CT molecular complexity index is 502. The highest BCUT2D eigenvalue weighted by Crippen LogP contribution is 2.64. The summed E-state index contributed by atoms with van der Waals surface area (Å²) >= 11 is 0. The van der Waals surface area contributed by atoms with Gasteiger partial charge in [0.2, 0.25) is 5.91 Å². The van der Waals surface area contributed by atoms with Crippen molar-refractivity contribution in [3.63, 3.8) is 0 Å². The molecule has 0 bridgehead atoms. The van der Waals surface area contributed by atoms with Crippen molar-refractivity contribution in [2.75, 3.05) is 13.2 Å². The van der Waals surface area contributed by atoms with Gasteiger partial charge in [-0.1, -0.05) is 6.42 Å². The van der Waals surface area contributed by atoms with Gasteiger partial charge in [0.25, 0.3) is 0 Å². The molecule has 2 N–H and O–H groups in total. The molecule has 0 aromatic rings. The maximum absolute atomic E-state index is 12.0. The topological polar surface area (TPSA) is 74.0 Å². The van der Waals surface area contributed by atoms with Crippen molar-refractivity contribution < 1.29 is 9.90 Å². The summed E-state index contributed by atoms with van der Waals surface area (Å²) in [7, 11) is 0. The molecule has 1 heterocycles. The summed E-state index contributed by atoms with van der Waals surface area (Å²) in [4.78, 5) is 12.0. The number of carbonyl (C=O) groups excluding carboxylic acids is 1. The summed E-state index contributed by atoms with van der Waals surface area (Å²) in [5, 5.41) is 20.7. The van der Waals surface area contributed by atoms with E-state index in [1.807, 2.05) is 0 Å². The Morgan fingerprint density at radius 2 is 2.00 bits per heavy atom. The first-order chi connectivity index (χ1) is 10.6. The summed E-state index contributed by atoms with van der Waals surface area (Å²) in [6, 6.07) is 0. The van der Waals surface area contributed by atoms with E-state index in [9.17, 15) is 9.90 Å². The van der Waals surface area contributed by atoms with Crippen molar-refractivity contribution in [3.8, 4) is 12.3 Å². The van der Waals surface area contributed by atoms with Gasteiger partial charge in [0.05, 0.1) is 6.61 Å². The van der Waals surface area contributed by atoms with Crippen LogP contribution in [0.4, 0.5) is 0 Å². The first kappa shape index (κ1) is 15.5. The average molecular weight is 303 g/mol. The maximum Gasteiger partial charge on any atom is 0.220 e. The van der Waals surface area contributed by atoms with Gasteiger partial charge in [-0.3, -0.25) is 4.79 Å². The fourth-order valence-corrected chi connectivity index (χ4v) is 4.22. The van der Waals surface area contributed by atoms with Gasteiger partial charge in [-0.25, -0.2) is 0 Å². The fraction of sp³-hybridized carbons (Fsp3) is 0.824. The number of rotatable bonds is 8. The molecule has 1 spiro atoms. The van der Waals surface area contributed by atoms with Crippen LogP contribution < -0.4 is 5.32 Å². The van der Waals surface area contributed by atoms with Crippen LogP contribution in [-0.2, 0) is 4.79 Å². The lowest BCUT2D eigenvalue weighted by Gasteiger charge is -2.60. The first-order valence-corrected chi connectivity index (χ1v) is 8.30. The Balaban J connectivity index is 1.37. The van der Waals surface area contributed by atoms with E-state index in [2.05, 4.69) is 21.5 Å². The number of carbonyl (C=O) groups is 1. The Morgan fingerprint density at radius 3 is 2.50 bits per heavy atom. The molecule has 1 amide bonds. The zero-order chi connectivity index (χ0) is 15.7. The van der Waals surface area contributed by atoms with Gasteiger partial charge in [-0.15, -0.1) is 12.3 Å². The van der Waals surface area contributed by atoms with Crippen LogP contribution >= 0.6 is 0 Å². The van der Waals surface area contributed by atoms with Crippen LogP contribution in [0.1, 0.15) is 57.8 Å². The van der Waals surface area contributed by atoms with E-state index in [-0.39, 0.29) is 23.6 Å². The predicted molar refractivity (Wildman–Crippen MR) is 82.9 cm³/mol. The van der Waals surface area contributed by atoms with Gasteiger partial charge < -0.3 is 10.4 Å². The molecule has 5 nitrogen and oxygen atoms in total. The van der Waals surface area contributed by atoms with E-state index < -0.39 is 0 Å². The highest BCUT2D eigenvalue weighted by atomic mass is 16.3. The van der Waals surface area contributed by atoms with Gasteiger partial charge in [0, 0.05) is 37.6 Å². The number of terminal acetylenes is 1. The molecule has 0 aromatic heterocycles. The fourth-order valence-electron chi connectivity index (χ4n) is 4.22. The molecule has 2 aliphatic carbocycles. The van der Waals surface area contributed by atoms with Crippen LogP contribution in [0.3, 0.4) is 0 Å². The Hall–Kier alpha value is -1.41. The van der Waals surface area contributed by atoms with Gasteiger partial charge >= 0.3 is 0 Å². The number of hydrogen-bond donors (Lipinski definition) is 2. The average Bonchev–Trinajstić information content (AvgIpc) is 3.21. The van der Waals surface area contributed by atoms with Gasteiger partial charge in [-0.2, -0.15) is 10.2 Å². The summed E-state index contributed by atoms with van der Waals surface area (Å²) in [6.07, 6.45) is 13.7. The molecular formula is C17H25N3O2. The second-order valence-electron chi connectivity index (χ2n) is 7.53. The van der Waals surface area contributed by atoms with Crippen LogP contribution in [0, 0.1) is 23.2 Å². The lowest BCUT2D eigenvalue weighted by atomic mass is 9.45. The monoisotopic (exact) mass is 303 g/mol. The predicted octanol–water partition coefficient (Wildman–Crippen LogP) is 2.40. The number of nitrogens with zero attached hydrogens (tertiary/aromatic N) is 2. The molecule has 0 unspecified atom stereocenters. The van der Waals surface area contributed by atoms with E-state index >= 15 is 0 Å². The molecule has 0 aromatic carbocycles. The minimum atomic E-state index is -0.384. The summed E-state index contributed by atoms with van der Waals surface area (Å²) < 4.78 is 0. The largest absolute Gasteiger partial charge is 0.396 e. The Labute approximate surface area is 132 Å². The molecule has 5 heteroatoms. The molecule has 3 rings (SSSR count). The SMILES string of the molecule is C#CCCC1(CCC(=O)NCC2(CO)CC3(CCC3)C2)N=N1. The summed E-state index contributed by atoms with van der Waals surface area (Å²) in [6.45, 7) is 0.765. The van der Waals surface area contributed by atoms with Gasteiger partial charge in [0.1, 0.15) is 0 Å². The van der Waals surface area contributed by atoms with E-state index in [0.717, 1.165) is 19.3 Å². The lowest BCUT2D eigenvalue weighted by Crippen LogP contribution is -2.57. The van der Waals surface area contributed by atoms with Crippen molar-refractivity contribution in [2.45, 2.75) is 63.5 Å². The minimum Gasteiger partial charge on any atom is -0.396 e. The van der Waals surface area contributed by atoms with Crippen molar-refractivity contribution in [1.29, 1.82) is 0 Å². The van der Waals surface area contributed by atoms with E-state index in [1.165, 1.54) is 19.3 Å². The van der Waals surface area contributed by atoms with Gasteiger partial charge in [-0.05, 0) is 31.1 Å². The Morgan fingerprint density at radius 1 is 1.27 bits per heavy atom. The smallest absolute Gasteiger partial charge is 0.220 e. The van der Waals surface area contributed by atoms with Crippen LogP contribution in [0.5, 0.6) is 0 Å². The molecule has 2 fully saturated rings. The number of nitrogens with one attached hydrogen (secondary N) is 1. The van der Waals surface area contributed by atoms with E-state index in [1.54, 1.807) is 0 Å². The molecule has 0 radical (unpaired) electrons. The highest BCUT2D eigenvalue weighted by molar-refractivity contribution is 5.76. The molecule has 1 aliphatic heterocycles. The zero-order valence-electron chi connectivity index (χ0n) is 13.1. The van der Waals surface area contributed by atoms with E-state index in [4.69, 9.17) is 6.42 Å². The quantitative estimate of drug-likeness (QED) is 0.676. The number of hydrogen-bond acceptors (Lipinski definition) is 4. The maximum atomic E-state index is 12.0. The number of aliphatic hydroxyl groups is 1. The zero-order valence-corrected chi connectivity index (χ0v) is 13.1. The van der Waals surface area contributed by atoms with Gasteiger partial charge in [0.15, 0.2) is 5.66 Å². The standard InChI is InChI=1S/C17H25N3O2/c1-2-3-8-17(19-20-17)9-5-14(22)18-12-16(13-21)10-15(11-16)6-4-7-15/h1,21H,3-13H2,(H,18,22).